The maximum absolute atomic E-state index is 12.4. The Morgan fingerprint density at radius 3 is 2.59 bits per heavy atom. The van der Waals surface area contributed by atoms with Gasteiger partial charge in [0, 0.05) is 48.6 Å². The predicted octanol–water partition coefficient (Wildman–Crippen LogP) is 2.98. The minimum absolute atomic E-state index is 0.234. The fraction of sp³-hybridized carbons (Fsp3) is 0.143. The number of ether oxygens (including phenoxy) is 1. The number of nitrogens with one attached hydrogen (secondary N) is 3. The van der Waals surface area contributed by atoms with Crippen LogP contribution in [0.3, 0.4) is 0 Å². The standard InChI is InChI=1S/C21H22N6O2/c1-29-13-18(14-5-3-2-4-6-14)26-21(28)27-19-11-17(22)16(12-25-19)20(23)15-7-9-24-10-8-15/h2-12,18,23H,13H2,1H3,(H4,22,25,26,27,28)/t18-/m1/s1. The monoisotopic (exact) mass is 390 g/mol. The summed E-state index contributed by atoms with van der Waals surface area (Å²) >= 11 is 0. The highest BCUT2D eigenvalue weighted by molar-refractivity contribution is 6.13. The van der Waals surface area contributed by atoms with E-state index in [2.05, 4.69) is 20.6 Å². The number of hydrogen-bond acceptors (Lipinski definition) is 6. The lowest BCUT2D eigenvalue weighted by molar-refractivity contribution is 0.168. The maximum Gasteiger partial charge on any atom is 0.320 e. The molecule has 8 nitrogen and oxygen atoms in total. The molecule has 3 rings (SSSR count). The second-order valence-corrected chi connectivity index (χ2v) is 6.28. The van der Waals surface area contributed by atoms with Crippen molar-refractivity contribution in [2.24, 2.45) is 0 Å². The highest BCUT2D eigenvalue weighted by Gasteiger charge is 2.16. The molecule has 0 radical (unpaired) electrons. The molecule has 0 aliphatic heterocycles. The summed E-state index contributed by atoms with van der Waals surface area (Å²) < 4.78 is 5.21. The lowest BCUT2D eigenvalue weighted by atomic mass is 10.0. The Labute approximate surface area is 168 Å². The van der Waals surface area contributed by atoms with Gasteiger partial charge in [-0.3, -0.25) is 15.7 Å². The number of amides is 2. The van der Waals surface area contributed by atoms with Gasteiger partial charge in [-0.25, -0.2) is 9.78 Å². The van der Waals surface area contributed by atoms with E-state index in [4.69, 9.17) is 15.9 Å². The summed E-state index contributed by atoms with van der Waals surface area (Å²) in [5, 5.41) is 13.8. The van der Waals surface area contributed by atoms with E-state index >= 15 is 0 Å². The van der Waals surface area contributed by atoms with Crippen LogP contribution in [0.1, 0.15) is 22.7 Å². The quantitative estimate of drug-likeness (QED) is 0.461. The predicted molar refractivity (Wildman–Crippen MR) is 112 cm³/mol. The molecule has 0 aliphatic rings. The average molecular weight is 390 g/mol. The molecule has 1 atom stereocenters. The van der Waals surface area contributed by atoms with Crippen LogP contribution >= 0.6 is 0 Å². The summed E-state index contributed by atoms with van der Waals surface area (Å²) in [5.74, 6) is 0.288. The third-order valence-electron chi connectivity index (χ3n) is 4.26. The first-order valence-electron chi connectivity index (χ1n) is 8.94. The molecule has 0 aliphatic carbocycles. The van der Waals surface area contributed by atoms with Gasteiger partial charge in [0.1, 0.15) is 5.82 Å². The number of pyridine rings is 2. The van der Waals surface area contributed by atoms with E-state index in [9.17, 15) is 4.79 Å². The zero-order valence-electron chi connectivity index (χ0n) is 15.9. The van der Waals surface area contributed by atoms with Crippen molar-refractivity contribution in [1.82, 2.24) is 15.3 Å². The molecule has 0 spiro atoms. The lowest BCUT2D eigenvalue weighted by Gasteiger charge is -2.19. The number of hydrogen-bond donors (Lipinski definition) is 4. The van der Waals surface area contributed by atoms with Crippen molar-refractivity contribution >= 4 is 23.2 Å². The van der Waals surface area contributed by atoms with Crippen molar-refractivity contribution < 1.29 is 9.53 Å². The van der Waals surface area contributed by atoms with Crippen LogP contribution in [-0.4, -0.2) is 35.4 Å². The number of carbonyl (C=O) groups excluding carboxylic acids is 1. The molecule has 29 heavy (non-hydrogen) atoms. The van der Waals surface area contributed by atoms with Crippen LogP contribution in [-0.2, 0) is 4.74 Å². The number of carbonyl (C=O) groups is 1. The first kappa shape index (κ1) is 20.0. The first-order valence-corrected chi connectivity index (χ1v) is 8.94. The van der Waals surface area contributed by atoms with Gasteiger partial charge in [-0.1, -0.05) is 30.3 Å². The van der Waals surface area contributed by atoms with Crippen molar-refractivity contribution in [1.29, 1.82) is 5.41 Å². The average Bonchev–Trinajstić information content (AvgIpc) is 2.74. The van der Waals surface area contributed by atoms with Crippen molar-refractivity contribution in [3.05, 3.63) is 83.8 Å². The molecule has 0 saturated carbocycles. The molecule has 2 heterocycles. The Morgan fingerprint density at radius 1 is 1.21 bits per heavy atom. The van der Waals surface area contributed by atoms with Crippen LogP contribution < -0.4 is 16.4 Å². The lowest BCUT2D eigenvalue weighted by Crippen LogP contribution is -2.35. The van der Waals surface area contributed by atoms with Crippen LogP contribution in [0, 0.1) is 5.41 Å². The summed E-state index contributed by atoms with van der Waals surface area (Å²) in [6.45, 7) is 0.328. The highest BCUT2D eigenvalue weighted by atomic mass is 16.5. The topological polar surface area (TPSA) is 126 Å². The zero-order chi connectivity index (χ0) is 20.6. The van der Waals surface area contributed by atoms with Crippen molar-refractivity contribution in [3.8, 4) is 0 Å². The summed E-state index contributed by atoms with van der Waals surface area (Å²) in [7, 11) is 1.58. The van der Waals surface area contributed by atoms with E-state index in [0.717, 1.165) is 5.56 Å². The number of nitrogens with two attached hydrogens (primary N) is 1. The Balaban J connectivity index is 1.69. The Morgan fingerprint density at radius 2 is 1.93 bits per heavy atom. The van der Waals surface area contributed by atoms with Gasteiger partial charge in [0.15, 0.2) is 0 Å². The van der Waals surface area contributed by atoms with Crippen LogP contribution in [0.15, 0.2) is 67.1 Å². The summed E-state index contributed by atoms with van der Waals surface area (Å²) in [4.78, 5) is 20.6. The van der Waals surface area contributed by atoms with Gasteiger partial charge in [-0.15, -0.1) is 0 Å². The fourth-order valence-corrected chi connectivity index (χ4v) is 2.81. The largest absolute Gasteiger partial charge is 0.398 e. The molecule has 5 N–H and O–H groups in total. The number of nitrogens with zero attached hydrogens (tertiary/aromatic N) is 2. The molecule has 8 heteroatoms. The van der Waals surface area contributed by atoms with E-state index < -0.39 is 6.03 Å². The molecular weight excluding hydrogens is 368 g/mol. The number of nitrogen functional groups attached to an aromatic ring is 1. The van der Waals surface area contributed by atoms with Crippen LogP contribution in [0.4, 0.5) is 16.3 Å². The number of aromatic nitrogens is 2. The second kappa shape index (κ2) is 9.43. The number of anilines is 2. The molecule has 0 unspecified atom stereocenters. The Hall–Kier alpha value is -3.78. The van der Waals surface area contributed by atoms with Crippen molar-refractivity contribution in [2.75, 3.05) is 24.8 Å². The zero-order valence-corrected chi connectivity index (χ0v) is 15.9. The number of benzene rings is 1. The molecule has 2 aromatic heterocycles. The van der Waals surface area contributed by atoms with Crippen LogP contribution in [0.2, 0.25) is 0 Å². The highest BCUT2D eigenvalue weighted by Crippen LogP contribution is 2.19. The number of urea groups is 1. The van der Waals surface area contributed by atoms with Crippen molar-refractivity contribution in [2.45, 2.75) is 6.04 Å². The molecule has 0 bridgehead atoms. The minimum atomic E-state index is -0.431. The second-order valence-electron chi connectivity index (χ2n) is 6.28. The van der Waals surface area contributed by atoms with E-state index in [-0.39, 0.29) is 17.6 Å². The van der Waals surface area contributed by atoms with E-state index in [1.54, 1.807) is 31.6 Å². The van der Waals surface area contributed by atoms with Crippen LogP contribution in [0.25, 0.3) is 0 Å². The van der Waals surface area contributed by atoms with Gasteiger partial charge in [0.25, 0.3) is 0 Å². The van der Waals surface area contributed by atoms with Gasteiger partial charge in [0.2, 0.25) is 0 Å². The van der Waals surface area contributed by atoms with E-state index in [1.807, 2.05) is 30.3 Å². The molecule has 2 amide bonds. The van der Waals surface area contributed by atoms with E-state index in [1.165, 1.54) is 12.3 Å². The van der Waals surface area contributed by atoms with Gasteiger partial charge in [0.05, 0.1) is 18.4 Å². The third-order valence-corrected chi connectivity index (χ3v) is 4.26. The fourth-order valence-electron chi connectivity index (χ4n) is 2.81. The Bertz CT molecular complexity index is 979. The minimum Gasteiger partial charge on any atom is -0.398 e. The normalized spacial score (nSPS) is 11.5. The van der Waals surface area contributed by atoms with Gasteiger partial charge in [-0.2, -0.15) is 0 Å². The maximum atomic E-state index is 12.4. The summed E-state index contributed by atoms with van der Waals surface area (Å²) in [6, 6.07) is 13.8. The van der Waals surface area contributed by atoms with Gasteiger partial charge in [-0.05, 0) is 17.7 Å². The molecule has 0 fully saturated rings. The smallest absolute Gasteiger partial charge is 0.320 e. The number of methoxy groups -OCH3 is 1. The van der Waals surface area contributed by atoms with Gasteiger partial charge < -0.3 is 15.8 Å². The summed E-state index contributed by atoms with van der Waals surface area (Å²) in [5.41, 5.74) is 8.74. The first-order chi connectivity index (χ1) is 14.1. The summed E-state index contributed by atoms with van der Waals surface area (Å²) in [6.07, 6.45) is 4.69. The molecule has 1 aromatic carbocycles. The van der Waals surface area contributed by atoms with E-state index in [0.29, 0.717) is 23.4 Å². The Kier molecular flexibility index (Phi) is 6.49. The van der Waals surface area contributed by atoms with Crippen LogP contribution in [0.5, 0.6) is 0 Å². The molecule has 3 aromatic rings. The molecule has 148 valence electrons. The number of rotatable bonds is 7. The SMILES string of the molecule is COC[C@@H](NC(=O)Nc1cc(N)c(C(=N)c2ccncc2)cn1)c1ccccc1. The third kappa shape index (κ3) is 5.14. The molecule has 0 saturated heterocycles. The molecular formula is C21H22N6O2. The van der Waals surface area contributed by atoms with Crippen molar-refractivity contribution in [3.63, 3.8) is 0 Å². The van der Waals surface area contributed by atoms with Gasteiger partial charge >= 0.3 is 6.03 Å².